The van der Waals surface area contributed by atoms with E-state index in [1.54, 1.807) is 25.1 Å². The van der Waals surface area contributed by atoms with Crippen molar-refractivity contribution in [2.24, 2.45) is 0 Å². The molecule has 0 saturated carbocycles. The molecule has 9 nitrogen and oxygen atoms in total. The number of methoxy groups -OCH3 is 1. The number of rotatable bonds is 8. The standard InChI is InChI=1S/C21H25ClN4O5/c1-4-5-9-26-18(23)15(19(27)24-21(26)29)25(10-11-30-3)20(28)16-12(2)13-7-6-8-14(22)17(13)31-16/h6-8H,4-5,9-11,23H2,1-3H3,(H,24,27,29). The number of ether oxygens (including phenoxy) is 1. The molecule has 0 atom stereocenters. The minimum Gasteiger partial charge on any atom is -0.449 e. The van der Waals surface area contributed by atoms with Crippen LogP contribution >= 0.6 is 11.6 Å². The number of aromatic nitrogens is 2. The van der Waals surface area contributed by atoms with Crippen molar-refractivity contribution in [3.05, 3.63) is 55.4 Å². The van der Waals surface area contributed by atoms with Crippen molar-refractivity contribution in [1.82, 2.24) is 9.55 Å². The van der Waals surface area contributed by atoms with E-state index in [0.29, 0.717) is 34.5 Å². The van der Waals surface area contributed by atoms with Gasteiger partial charge >= 0.3 is 5.69 Å². The number of hydrogen-bond acceptors (Lipinski definition) is 6. The Morgan fingerprint density at radius 2 is 2.10 bits per heavy atom. The number of hydrogen-bond donors (Lipinski definition) is 2. The Labute approximate surface area is 183 Å². The molecule has 31 heavy (non-hydrogen) atoms. The predicted molar refractivity (Wildman–Crippen MR) is 120 cm³/mol. The number of H-pyrrole nitrogens is 1. The molecule has 2 aromatic heterocycles. The van der Waals surface area contributed by atoms with Gasteiger partial charge in [0.25, 0.3) is 11.5 Å². The summed E-state index contributed by atoms with van der Waals surface area (Å²) < 4.78 is 12.2. The summed E-state index contributed by atoms with van der Waals surface area (Å²) in [7, 11) is 1.48. The van der Waals surface area contributed by atoms with Crippen LogP contribution in [0.25, 0.3) is 11.0 Å². The van der Waals surface area contributed by atoms with Crippen molar-refractivity contribution in [2.45, 2.75) is 33.2 Å². The predicted octanol–water partition coefficient (Wildman–Crippen LogP) is 2.92. The molecule has 2 heterocycles. The van der Waals surface area contributed by atoms with E-state index < -0.39 is 17.2 Å². The van der Waals surface area contributed by atoms with Crippen molar-refractivity contribution < 1.29 is 13.9 Å². The summed E-state index contributed by atoms with van der Waals surface area (Å²) in [5, 5.41) is 1.06. The van der Waals surface area contributed by atoms with E-state index in [1.165, 1.54) is 16.6 Å². The van der Waals surface area contributed by atoms with Crippen LogP contribution in [0, 0.1) is 6.92 Å². The third-order valence-electron chi connectivity index (χ3n) is 5.09. The highest BCUT2D eigenvalue weighted by atomic mass is 35.5. The average Bonchev–Trinajstić information content (AvgIpc) is 3.07. The maximum atomic E-state index is 13.5. The molecule has 0 saturated heterocycles. The lowest BCUT2D eigenvalue weighted by atomic mass is 10.1. The lowest BCUT2D eigenvalue weighted by Crippen LogP contribution is -2.42. The molecular weight excluding hydrogens is 424 g/mol. The molecule has 3 aromatic rings. The Hall–Kier alpha value is -3.04. The molecule has 0 unspecified atom stereocenters. The van der Waals surface area contributed by atoms with E-state index in [-0.39, 0.29) is 30.4 Å². The van der Waals surface area contributed by atoms with Gasteiger partial charge in [-0.15, -0.1) is 0 Å². The van der Waals surface area contributed by atoms with E-state index in [0.717, 1.165) is 6.42 Å². The molecule has 0 aliphatic rings. The first-order valence-electron chi connectivity index (χ1n) is 9.92. The van der Waals surface area contributed by atoms with Gasteiger partial charge in [-0.3, -0.25) is 24.0 Å². The van der Waals surface area contributed by atoms with Crippen molar-refractivity contribution in [2.75, 3.05) is 30.9 Å². The Morgan fingerprint density at radius 3 is 2.74 bits per heavy atom. The fourth-order valence-electron chi connectivity index (χ4n) is 3.41. The highest BCUT2D eigenvalue weighted by molar-refractivity contribution is 6.35. The van der Waals surface area contributed by atoms with Crippen LogP contribution in [-0.4, -0.2) is 35.7 Å². The summed E-state index contributed by atoms with van der Waals surface area (Å²) in [5.74, 6) is -0.637. The number of nitrogen functional groups attached to an aromatic ring is 1. The number of carbonyl (C=O) groups is 1. The third kappa shape index (κ3) is 4.24. The number of aromatic amines is 1. The molecular formula is C21H25ClN4O5. The summed E-state index contributed by atoms with van der Waals surface area (Å²) in [4.78, 5) is 41.9. The number of para-hydroxylation sites is 1. The fourth-order valence-corrected chi connectivity index (χ4v) is 3.62. The first-order chi connectivity index (χ1) is 14.8. The van der Waals surface area contributed by atoms with Gasteiger partial charge in [-0.25, -0.2) is 4.79 Å². The molecule has 10 heteroatoms. The van der Waals surface area contributed by atoms with Gasteiger partial charge in [0.1, 0.15) is 5.82 Å². The van der Waals surface area contributed by atoms with Gasteiger partial charge < -0.3 is 14.9 Å². The number of amides is 1. The minimum atomic E-state index is -0.758. The van der Waals surface area contributed by atoms with E-state index in [4.69, 9.17) is 26.5 Å². The van der Waals surface area contributed by atoms with Crippen molar-refractivity contribution >= 4 is 40.0 Å². The molecule has 1 amide bonds. The van der Waals surface area contributed by atoms with Crippen molar-refractivity contribution in [3.63, 3.8) is 0 Å². The number of nitrogens with zero attached hydrogens (tertiary/aromatic N) is 2. The van der Waals surface area contributed by atoms with Crippen molar-refractivity contribution in [3.8, 4) is 0 Å². The number of aryl methyl sites for hydroxylation is 1. The fraction of sp³-hybridized carbons (Fsp3) is 0.381. The monoisotopic (exact) mass is 448 g/mol. The van der Waals surface area contributed by atoms with Gasteiger partial charge in [0.2, 0.25) is 0 Å². The van der Waals surface area contributed by atoms with Crippen LogP contribution in [0.3, 0.4) is 0 Å². The van der Waals surface area contributed by atoms with Crippen LogP contribution in [0.1, 0.15) is 35.9 Å². The number of halogens is 1. The highest BCUT2D eigenvalue weighted by Crippen LogP contribution is 2.32. The number of fused-ring (bicyclic) bond motifs is 1. The SMILES string of the molecule is CCCCn1c(N)c(N(CCOC)C(=O)c2oc3c(Cl)cccc3c2C)c(=O)[nH]c1=O. The second-order valence-electron chi connectivity index (χ2n) is 7.12. The topological polar surface area (TPSA) is 124 Å². The van der Waals surface area contributed by atoms with Crippen LogP contribution in [0.2, 0.25) is 5.02 Å². The summed E-state index contributed by atoms with van der Waals surface area (Å²) in [5.41, 5.74) is 5.67. The summed E-state index contributed by atoms with van der Waals surface area (Å²) in [6, 6.07) is 5.22. The van der Waals surface area contributed by atoms with Crippen LogP contribution in [0.5, 0.6) is 0 Å². The molecule has 0 bridgehead atoms. The maximum Gasteiger partial charge on any atom is 0.330 e. The zero-order valence-corrected chi connectivity index (χ0v) is 18.4. The quantitative estimate of drug-likeness (QED) is 0.546. The first kappa shape index (κ1) is 22.6. The van der Waals surface area contributed by atoms with E-state index >= 15 is 0 Å². The van der Waals surface area contributed by atoms with Gasteiger partial charge in [-0.2, -0.15) is 0 Å². The zero-order valence-electron chi connectivity index (χ0n) is 17.7. The normalized spacial score (nSPS) is 11.2. The van der Waals surface area contributed by atoms with E-state index in [1.807, 2.05) is 6.92 Å². The number of furan rings is 1. The summed E-state index contributed by atoms with van der Waals surface area (Å²) in [6.07, 6.45) is 1.51. The van der Waals surface area contributed by atoms with Crippen LogP contribution in [0.15, 0.2) is 32.2 Å². The van der Waals surface area contributed by atoms with Gasteiger partial charge in [0.05, 0.1) is 18.2 Å². The third-order valence-corrected chi connectivity index (χ3v) is 5.39. The molecule has 0 aliphatic heterocycles. The van der Waals surface area contributed by atoms with Gasteiger partial charge in [0, 0.05) is 24.6 Å². The molecule has 1 aromatic carbocycles. The molecule has 0 fully saturated rings. The average molecular weight is 449 g/mol. The van der Waals surface area contributed by atoms with E-state index in [9.17, 15) is 14.4 Å². The first-order valence-corrected chi connectivity index (χ1v) is 10.3. The smallest absolute Gasteiger partial charge is 0.330 e. The molecule has 0 spiro atoms. The van der Waals surface area contributed by atoms with Crippen LogP contribution < -0.4 is 21.9 Å². The lowest BCUT2D eigenvalue weighted by Gasteiger charge is -2.23. The number of unbranched alkanes of at least 4 members (excludes halogenated alkanes) is 1. The second kappa shape index (κ2) is 9.40. The number of carbonyl (C=O) groups excluding carboxylic acids is 1. The Kier molecular flexibility index (Phi) is 6.87. The lowest BCUT2D eigenvalue weighted by molar-refractivity contribution is 0.0950. The number of anilines is 2. The van der Waals surface area contributed by atoms with Gasteiger partial charge in [-0.1, -0.05) is 37.1 Å². The second-order valence-corrected chi connectivity index (χ2v) is 7.53. The summed E-state index contributed by atoms with van der Waals surface area (Å²) >= 11 is 6.21. The maximum absolute atomic E-state index is 13.5. The molecule has 0 radical (unpaired) electrons. The van der Waals surface area contributed by atoms with Crippen LogP contribution in [-0.2, 0) is 11.3 Å². The van der Waals surface area contributed by atoms with Crippen molar-refractivity contribution in [1.29, 1.82) is 0 Å². The largest absolute Gasteiger partial charge is 0.449 e. The molecule has 3 rings (SSSR count). The Bertz CT molecular complexity index is 1230. The number of benzene rings is 1. The molecule has 3 N–H and O–H groups in total. The Balaban J connectivity index is 2.17. The molecule has 0 aliphatic carbocycles. The van der Waals surface area contributed by atoms with Gasteiger partial charge in [0.15, 0.2) is 17.0 Å². The Morgan fingerprint density at radius 1 is 1.35 bits per heavy atom. The zero-order chi connectivity index (χ0) is 22.7. The summed E-state index contributed by atoms with van der Waals surface area (Å²) in [6.45, 7) is 4.19. The number of nitrogens with two attached hydrogens (primary N) is 1. The van der Waals surface area contributed by atoms with Gasteiger partial charge in [-0.05, 0) is 19.4 Å². The number of nitrogens with one attached hydrogen (secondary N) is 1. The molecule has 166 valence electrons. The minimum absolute atomic E-state index is 0.0266. The highest BCUT2D eigenvalue weighted by Gasteiger charge is 2.29. The van der Waals surface area contributed by atoms with Crippen LogP contribution in [0.4, 0.5) is 11.5 Å². The van der Waals surface area contributed by atoms with E-state index in [2.05, 4.69) is 4.98 Å².